The minimum atomic E-state index is -0.482. The monoisotopic (exact) mass is 648 g/mol. The lowest BCUT2D eigenvalue weighted by molar-refractivity contribution is 0.668. The summed E-state index contributed by atoms with van der Waals surface area (Å²) in [5.74, 6) is 1.19. The van der Waals surface area contributed by atoms with Crippen LogP contribution < -0.4 is 0 Å². The molecule has 0 amide bonds. The molecule has 5 nitrogen and oxygen atoms in total. The first-order valence-electron chi connectivity index (χ1n) is 19.5. The Labute approximate surface area is 297 Å². The lowest BCUT2D eigenvalue weighted by Gasteiger charge is -2.11. The van der Waals surface area contributed by atoms with Gasteiger partial charge in [0.1, 0.15) is 22.3 Å². The van der Waals surface area contributed by atoms with E-state index < -0.39 is 18.1 Å². The summed E-state index contributed by atoms with van der Waals surface area (Å²) in [6, 6.07) is 36.2. The quantitative estimate of drug-likeness (QED) is 0.186. The van der Waals surface area contributed by atoms with Crippen molar-refractivity contribution in [2.45, 2.75) is 0 Å². The molecule has 7 aromatic carbocycles. The van der Waals surface area contributed by atoms with Crippen LogP contribution in [-0.2, 0) is 0 Å². The van der Waals surface area contributed by atoms with Crippen LogP contribution in [0.3, 0.4) is 0 Å². The molecule has 10 rings (SSSR count). The molecule has 0 atom stereocenters. The zero-order chi connectivity index (χ0) is 39.1. The number of aromatic nitrogens is 3. The molecule has 0 aliphatic heterocycles. The van der Waals surface area contributed by atoms with E-state index in [-0.39, 0.29) is 51.7 Å². The molecule has 0 unspecified atom stereocenters. The van der Waals surface area contributed by atoms with Crippen LogP contribution in [0.25, 0.3) is 100 Å². The first-order chi connectivity index (χ1) is 27.7. The molecule has 0 bridgehead atoms. The molecule has 0 saturated heterocycles. The molecule has 0 saturated carbocycles. The summed E-state index contributed by atoms with van der Waals surface area (Å²) < 4.78 is 72.6. The highest BCUT2D eigenvalue weighted by molar-refractivity contribution is 6.12. The smallest absolute Gasteiger partial charge is 0.164 e. The van der Waals surface area contributed by atoms with Gasteiger partial charge < -0.3 is 8.83 Å². The van der Waals surface area contributed by atoms with Crippen molar-refractivity contribution in [1.82, 2.24) is 15.0 Å². The predicted molar refractivity (Wildman–Crippen MR) is 202 cm³/mol. The second-order valence-electron chi connectivity index (χ2n) is 11.9. The Morgan fingerprint density at radius 3 is 1.94 bits per heavy atom. The third kappa shape index (κ3) is 4.75. The number of fused-ring (bicyclic) bond motifs is 6. The summed E-state index contributed by atoms with van der Waals surface area (Å²) in [6.07, 6.45) is 0. The summed E-state index contributed by atoms with van der Waals surface area (Å²) in [5, 5.41) is 1.77. The molecule has 0 radical (unpaired) electrons. The number of furan rings is 2. The molecule has 3 aromatic heterocycles. The van der Waals surface area contributed by atoms with Gasteiger partial charge in [-0.05, 0) is 58.6 Å². The Morgan fingerprint density at radius 2 is 1.04 bits per heavy atom. The van der Waals surface area contributed by atoms with E-state index in [2.05, 4.69) is 12.1 Å². The fourth-order valence-corrected chi connectivity index (χ4v) is 6.41. The molecule has 0 N–H and O–H groups in total. The molecular formula is C45H27N3O2. The van der Waals surface area contributed by atoms with Crippen LogP contribution in [0.15, 0.2) is 172 Å². The van der Waals surface area contributed by atoms with Gasteiger partial charge in [-0.25, -0.2) is 15.0 Å². The first-order valence-corrected chi connectivity index (χ1v) is 16.0. The Kier molecular flexibility index (Phi) is 4.99. The predicted octanol–water partition coefficient (Wildman–Crippen LogP) is 12.0. The fraction of sp³-hybridized carbons (Fsp3) is 0. The number of benzene rings is 7. The number of rotatable bonds is 5. The molecule has 0 aliphatic rings. The van der Waals surface area contributed by atoms with Gasteiger partial charge in [-0.1, -0.05) is 127 Å². The topological polar surface area (TPSA) is 65.0 Å². The second kappa shape index (κ2) is 11.4. The van der Waals surface area contributed by atoms with Gasteiger partial charge in [0, 0.05) is 38.2 Å². The average Bonchev–Trinajstić information content (AvgIpc) is 3.85. The van der Waals surface area contributed by atoms with Crippen molar-refractivity contribution < 1.29 is 18.4 Å². The molecule has 5 heteroatoms. The van der Waals surface area contributed by atoms with E-state index >= 15 is 0 Å². The summed E-state index contributed by atoms with van der Waals surface area (Å²) >= 11 is 0. The van der Waals surface area contributed by atoms with Crippen molar-refractivity contribution in [3.63, 3.8) is 0 Å². The van der Waals surface area contributed by atoms with Crippen LogP contribution in [0.4, 0.5) is 0 Å². The normalized spacial score (nSPS) is 13.6. The fourth-order valence-electron chi connectivity index (χ4n) is 6.41. The molecule has 3 heterocycles. The minimum Gasteiger partial charge on any atom is -0.456 e. The van der Waals surface area contributed by atoms with Crippen molar-refractivity contribution in [3.8, 4) is 56.4 Å². The first kappa shape index (κ1) is 21.9. The maximum absolute atomic E-state index is 9.21. The third-order valence-electron chi connectivity index (χ3n) is 8.82. The van der Waals surface area contributed by atoms with E-state index in [0.717, 1.165) is 38.6 Å². The van der Waals surface area contributed by atoms with Crippen LogP contribution in [0.5, 0.6) is 0 Å². The van der Waals surface area contributed by atoms with Crippen LogP contribution in [-0.4, -0.2) is 15.0 Å². The van der Waals surface area contributed by atoms with Crippen LogP contribution in [0, 0.1) is 0 Å². The van der Waals surface area contributed by atoms with Gasteiger partial charge in [-0.3, -0.25) is 0 Å². The Morgan fingerprint density at radius 1 is 0.400 bits per heavy atom. The van der Waals surface area contributed by atoms with Gasteiger partial charge in [0.25, 0.3) is 0 Å². The average molecular weight is 649 g/mol. The molecule has 50 heavy (non-hydrogen) atoms. The van der Waals surface area contributed by atoms with E-state index in [1.807, 2.05) is 91.0 Å². The van der Waals surface area contributed by atoms with Crippen molar-refractivity contribution in [2.75, 3.05) is 0 Å². The molecular weight excluding hydrogens is 615 g/mol. The summed E-state index contributed by atoms with van der Waals surface area (Å²) in [6.45, 7) is 0. The Bertz CT molecular complexity index is 3270. The van der Waals surface area contributed by atoms with Crippen LogP contribution in [0.2, 0.25) is 0 Å². The van der Waals surface area contributed by atoms with Gasteiger partial charge in [0.15, 0.2) is 17.5 Å². The zero-order valence-corrected chi connectivity index (χ0v) is 26.2. The van der Waals surface area contributed by atoms with Gasteiger partial charge >= 0.3 is 0 Å². The number of hydrogen-bond acceptors (Lipinski definition) is 5. The van der Waals surface area contributed by atoms with Crippen molar-refractivity contribution in [1.29, 1.82) is 0 Å². The Hall–Kier alpha value is -6.85. The lowest BCUT2D eigenvalue weighted by Crippen LogP contribution is -2.00. The maximum atomic E-state index is 9.21. The van der Waals surface area contributed by atoms with E-state index in [1.165, 1.54) is 0 Å². The maximum Gasteiger partial charge on any atom is 0.164 e. The van der Waals surface area contributed by atoms with Gasteiger partial charge in [0.05, 0.1) is 9.60 Å². The van der Waals surface area contributed by atoms with Gasteiger partial charge in [-0.15, -0.1) is 0 Å². The van der Waals surface area contributed by atoms with Crippen molar-refractivity contribution >= 4 is 43.9 Å². The third-order valence-corrected chi connectivity index (χ3v) is 8.82. The highest BCUT2D eigenvalue weighted by Crippen LogP contribution is 2.37. The molecule has 10 aromatic rings. The van der Waals surface area contributed by atoms with E-state index in [0.29, 0.717) is 34.2 Å². The highest BCUT2D eigenvalue weighted by atomic mass is 16.3. The van der Waals surface area contributed by atoms with Crippen LogP contribution >= 0.6 is 0 Å². The largest absolute Gasteiger partial charge is 0.456 e. The molecule has 234 valence electrons. The molecule has 0 aliphatic carbocycles. The Balaban J connectivity index is 1.17. The van der Waals surface area contributed by atoms with E-state index in [1.54, 1.807) is 18.2 Å². The van der Waals surface area contributed by atoms with Crippen LogP contribution in [0.1, 0.15) is 9.60 Å². The second-order valence-corrected chi connectivity index (χ2v) is 11.9. The molecule has 0 fully saturated rings. The zero-order valence-electron chi connectivity index (χ0n) is 33.2. The summed E-state index contributed by atoms with van der Waals surface area (Å²) in [7, 11) is 0. The van der Waals surface area contributed by atoms with Gasteiger partial charge in [-0.2, -0.15) is 0 Å². The van der Waals surface area contributed by atoms with Gasteiger partial charge in [0.2, 0.25) is 0 Å². The van der Waals surface area contributed by atoms with E-state index in [9.17, 15) is 1.37 Å². The van der Waals surface area contributed by atoms with Crippen molar-refractivity contribution in [2.24, 2.45) is 0 Å². The number of nitrogens with zero attached hydrogens (tertiary/aromatic N) is 3. The SMILES string of the molecule is [2H]c1c([2H])c([2H])c2c(oc3c([2H])c(-c4cccc(-c5nc(-c6ccc(-c7ccccc7)cc6)nc(-c6cccc7oc8ccccc8c67)n5)c4)c([2H])c([2H])c32)c1[2H]. The number of hydrogen-bond donors (Lipinski definition) is 0. The minimum absolute atomic E-state index is 0.00196. The molecule has 0 spiro atoms. The summed E-state index contributed by atoms with van der Waals surface area (Å²) in [5.41, 5.74) is 5.92. The summed E-state index contributed by atoms with van der Waals surface area (Å²) in [4.78, 5) is 15.0. The van der Waals surface area contributed by atoms with E-state index in [4.69, 9.17) is 32.0 Å². The highest BCUT2D eigenvalue weighted by Gasteiger charge is 2.18. The standard InChI is InChI=1S/C45H27N3O2/c1-2-10-28(11-3-1)29-20-22-30(23-21-29)43-46-44(48-45(47-43)37-16-9-19-40-42(37)36-15-5-7-18-39(36)49-40)33-13-8-12-31(26-33)32-24-25-35-34-14-4-6-17-38(34)50-41(35)27-32/h1-27H/i4D,6D,14D,17D,24D,25D,27D. The van der Waals surface area contributed by atoms with Crippen molar-refractivity contribution in [3.05, 3.63) is 164 Å². The number of para-hydroxylation sites is 2. The lowest BCUT2D eigenvalue weighted by atomic mass is 10.0.